The molecular formula is C24H28N4O2. The van der Waals surface area contributed by atoms with Gasteiger partial charge in [-0.25, -0.2) is 0 Å². The van der Waals surface area contributed by atoms with Gasteiger partial charge in [0.05, 0.1) is 0 Å². The van der Waals surface area contributed by atoms with Crippen LogP contribution >= 0.6 is 0 Å². The van der Waals surface area contributed by atoms with E-state index in [9.17, 15) is 9.59 Å². The molecule has 2 amide bonds. The molecule has 0 aliphatic heterocycles. The lowest BCUT2D eigenvalue weighted by atomic mass is 10.1. The van der Waals surface area contributed by atoms with Crippen molar-refractivity contribution >= 4 is 23.2 Å². The number of nitrogens with one attached hydrogen (secondary N) is 2. The first-order valence-corrected chi connectivity index (χ1v) is 10.1. The fraction of sp³-hybridized carbons (Fsp3) is 0.292. The minimum absolute atomic E-state index is 0.157. The van der Waals surface area contributed by atoms with Gasteiger partial charge in [-0.05, 0) is 74.6 Å². The number of hydrogen-bond acceptors (Lipinski definition) is 3. The van der Waals surface area contributed by atoms with Crippen LogP contribution in [0.15, 0.2) is 48.7 Å². The van der Waals surface area contributed by atoms with Crippen molar-refractivity contribution in [3.63, 3.8) is 0 Å². The normalized spacial score (nSPS) is 11.8. The van der Waals surface area contributed by atoms with Crippen molar-refractivity contribution in [3.05, 3.63) is 76.6 Å². The smallest absolute Gasteiger partial charge is 0.276 e. The quantitative estimate of drug-likeness (QED) is 0.610. The van der Waals surface area contributed by atoms with Gasteiger partial charge in [0.15, 0.2) is 5.69 Å². The van der Waals surface area contributed by atoms with Crippen molar-refractivity contribution < 1.29 is 9.59 Å². The Bertz CT molecular complexity index is 1080. The Labute approximate surface area is 177 Å². The van der Waals surface area contributed by atoms with E-state index < -0.39 is 6.04 Å². The first kappa shape index (κ1) is 21.3. The van der Waals surface area contributed by atoms with Crippen LogP contribution in [0, 0.1) is 27.7 Å². The van der Waals surface area contributed by atoms with E-state index in [1.807, 2.05) is 71.0 Å². The molecule has 0 spiro atoms. The molecule has 3 rings (SSSR count). The van der Waals surface area contributed by atoms with E-state index in [2.05, 4.69) is 15.7 Å². The average Bonchev–Trinajstić information content (AvgIpc) is 3.18. The number of anilines is 2. The van der Waals surface area contributed by atoms with Crippen molar-refractivity contribution in [2.24, 2.45) is 0 Å². The number of aromatic nitrogens is 2. The van der Waals surface area contributed by atoms with Gasteiger partial charge < -0.3 is 10.6 Å². The third-order valence-electron chi connectivity index (χ3n) is 5.14. The highest BCUT2D eigenvalue weighted by atomic mass is 16.2. The molecule has 3 aromatic rings. The standard InChI is InChI=1S/C24H28N4O2/c1-6-22(24(30)26-21-14-16(3)8-10-18(21)5)28-12-11-19(27-28)23(29)25-20-13-15(2)7-9-17(20)4/h7-14,22H,6H2,1-5H3,(H,25,29)(H,26,30)/t22-/m0/s1. The van der Waals surface area contributed by atoms with Gasteiger partial charge in [-0.3, -0.25) is 14.3 Å². The molecule has 0 aliphatic rings. The van der Waals surface area contributed by atoms with Crippen LogP contribution in [-0.4, -0.2) is 21.6 Å². The van der Waals surface area contributed by atoms with Crippen LogP contribution in [0.1, 0.15) is 52.1 Å². The van der Waals surface area contributed by atoms with Crippen LogP contribution in [0.5, 0.6) is 0 Å². The second-order valence-electron chi connectivity index (χ2n) is 7.69. The lowest BCUT2D eigenvalue weighted by molar-refractivity contribution is -0.119. The zero-order chi connectivity index (χ0) is 21.8. The van der Waals surface area contributed by atoms with E-state index in [1.54, 1.807) is 16.9 Å². The summed E-state index contributed by atoms with van der Waals surface area (Å²) in [5, 5.41) is 10.3. The van der Waals surface area contributed by atoms with Gasteiger partial charge in [0, 0.05) is 17.6 Å². The summed E-state index contributed by atoms with van der Waals surface area (Å²) in [6.07, 6.45) is 2.23. The van der Waals surface area contributed by atoms with Crippen molar-refractivity contribution in [3.8, 4) is 0 Å². The zero-order valence-corrected chi connectivity index (χ0v) is 18.1. The maximum atomic E-state index is 12.9. The SMILES string of the molecule is CC[C@@H](C(=O)Nc1cc(C)ccc1C)n1ccc(C(=O)Nc2cc(C)ccc2C)n1. The number of nitrogens with zero attached hydrogens (tertiary/aromatic N) is 2. The maximum Gasteiger partial charge on any atom is 0.276 e. The summed E-state index contributed by atoms with van der Waals surface area (Å²) in [5.41, 5.74) is 5.94. The van der Waals surface area contributed by atoms with Gasteiger partial charge in [-0.15, -0.1) is 0 Å². The van der Waals surface area contributed by atoms with E-state index in [0.717, 1.165) is 33.6 Å². The summed E-state index contributed by atoms with van der Waals surface area (Å²) in [6.45, 7) is 9.79. The second-order valence-corrected chi connectivity index (χ2v) is 7.69. The van der Waals surface area contributed by atoms with Gasteiger partial charge >= 0.3 is 0 Å². The van der Waals surface area contributed by atoms with Gasteiger partial charge in [0.2, 0.25) is 5.91 Å². The Balaban J connectivity index is 1.75. The number of amides is 2. The van der Waals surface area contributed by atoms with Crippen molar-refractivity contribution in [1.82, 2.24) is 9.78 Å². The molecular weight excluding hydrogens is 376 g/mol. The summed E-state index contributed by atoms with van der Waals surface area (Å²) in [4.78, 5) is 25.5. The summed E-state index contributed by atoms with van der Waals surface area (Å²) < 4.78 is 1.55. The molecule has 0 radical (unpaired) electrons. The summed E-state index contributed by atoms with van der Waals surface area (Å²) in [6, 6.07) is 13.0. The molecule has 30 heavy (non-hydrogen) atoms. The number of benzene rings is 2. The highest BCUT2D eigenvalue weighted by Gasteiger charge is 2.22. The van der Waals surface area contributed by atoms with Gasteiger partial charge in [-0.2, -0.15) is 5.10 Å². The van der Waals surface area contributed by atoms with Crippen molar-refractivity contribution in [1.29, 1.82) is 0 Å². The van der Waals surface area contributed by atoms with E-state index in [0.29, 0.717) is 6.42 Å². The fourth-order valence-corrected chi connectivity index (χ4v) is 3.27. The van der Waals surface area contributed by atoms with Crippen LogP contribution in [0.3, 0.4) is 0 Å². The van der Waals surface area contributed by atoms with Gasteiger partial charge in [-0.1, -0.05) is 31.2 Å². The van der Waals surface area contributed by atoms with E-state index in [4.69, 9.17) is 0 Å². The van der Waals surface area contributed by atoms with Crippen molar-refractivity contribution in [2.75, 3.05) is 10.6 Å². The monoisotopic (exact) mass is 404 g/mol. The Kier molecular flexibility index (Phi) is 6.35. The number of hydrogen-bond donors (Lipinski definition) is 2. The number of carbonyl (C=O) groups excluding carboxylic acids is 2. The number of aryl methyl sites for hydroxylation is 4. The molecule has 0 saturated carbocycles. The summed E-state index contributed by atoms with van der Waals surface area (Å²) in [5.74, 6) is -0.456. The first-order valence-electron chi connectivity index (χ1n) is 10.1. The molecule has 2 aromatic carbocycles. The van der Waals surface area contributed by atoms with E-state index >= 15 is 0 Å². The molecule has 0 aliphatic carbocycles. The number of carbonyl (C=O) groups is 2. The Hall–Kier alpha value is -3.41. The molecule has 0 saturated heterocycles. The second kappa shape index (κ2) is 8.95. The third-order valence-corrected chi connectivity index (χ3v) is 5.14. The molecule has 1 aromatic heterocycles. The minimum Gasteiger partial charge on any atom is -0.324 e. The topological polar surface area (TPSA) is 76.0 Å². The summed E-state index contributed by atoms with van der Waals surface area (Å²) >= 11 is 0. The van der Waals surface area contributed by atoms with Crippen LogP contribution in [0.2, 0.25) is 0 Å². The highest BCUT2D eigenvalue weighted by molar-refractivity contribution is 6.03. The van der Waals surface area contributed by atoms with Crippen molar-refractivity contribution in [2.45, 2.75) is 47.1 Å². The molecule has 1 heterocycles. The molecule has 6 nitrogen and oxygen atoms in total. The fourth-order valence-electron chi connectivity index (χ4n) is 3.27. The minimum atomic E-state index is -0.507. The van der Waals surface area contributed by atoms with Crippen LogP contribution in [0.4, 0.5) is 11.4 Å². The predicted octanol–water partition coefficient (Wildman–Crippen LogP) is 4.96. The summed E-state index contributed by atoms with van der Waals surface area (Å²) in [7, 11) is 0. The van der Waals surface area contributed by atoms with Gasteiger partial charge in [0.25, 0.3) is 5.91 Å². The Morgan fingerprint density at radius 3 is 2.03 bits per heavy atom. The predicted molar refractivity (Wildman–Crippen MR) is 120 cm³/mol. The van der Waals surface area contributed by atoms with E-state index in [1.165, 1.54) is 0 Å². The molecule has 0 fully saturated rings. The molecule has 1 atom stereocenters. The number of rotatable bonds is 6. The highest BCUT2D eigenvalue weighted by Crippen LogP contribution is 2.21. The lowest BCUT2D eigenvalue weighted by Crippen LogP contribution is -2.26. The van der Waals surface area contributed by atoms with Gasteiger partial charge in [0.1, 0.15) is 6.04 Å². The maximum absolute atomic E-state index is 12.9. The van der Waals surface area contributed by atoms with Crippen LogP contribution < -0.4 is 10.6 Å². The largest absolute Gasteiger partial charge is 0.324 e. The molecule has 6 heteroatoms. The molecule has 0 bridgehead atoms. The Morgan fingerprint density at radius 2 is 1.47 bits per heavy atom. The molecule has 2 N–H and O–H groups in total. The molecule has 156 valence electrons. The molecule has 0 unspecified atom stereocenters. The third kappa shape index (κ3) is 4.76. The van der Waals surface area contributed by atoms with Crippen LogP contribution in [-0.2, 0) is 4.79 Å². The average molecular weight is 405 g/mol. The van der Waals surface area contributed by atoms with E-state index in [-0.39, 0.29) is 17.5 Å². The zero-order valence-electron chi connectivity index (χ0n) is 18.1. The Morgan fingerprint density at radius 1 is 0.900 bits per heavy atom. The van der Waals surface area contributed by atoms with Crippen LogP contribution in [0.25, 0.3) is 0 Å². The first-order chi connectivity index (χ1) is 14.3. The lowest BCUT2D eigenvalue weighted by Gasteiger charge is -2.17.